The molecule has 0 bridgehead atoms. The number of carbonyl (C=O) groups is 2. The van der Waals surface area contributed by atoms with Gasteiger partial charge in [-0.2, -0.15) is 0 Å². The Hall–Kier alpha value is -4.12. The van der Waals surface area contributed by atoms with Gasteiger partial charge in [-0.1, -0.05) is 17.9 Å². The van der Waals surface area contributed by atoms with Crippen molar-refractivity contribution in [1.29, 1.82) is 0 Å². The number of carbonyl (C=O) groups excluding carboxylic acids is 2. The Morgan fingerprint density at radius 2 is 2.00 bits per heavy atom. The number of benzene rings is 2. The van der Waals surface area contributed by atoms with E-state index in [1.807, 2.05) is 0 Å². The van der Waals surface area contributed by atoms with E-state index in [0.29, 0.717) is 16.7 Å². The number of imide groups is 1. The molecule has 8 nitrogen and oxygen atoms in total. The number of methoxy groups -OCH3 is 1. The van der Waals surface area contributed by atoms with E-state index in [2.05, 4.69) is 22.5 Å². The number of amides is 3. The molecule has 0 radical (unpaired) electrons. The molecule has 4 N–H and O–H groups in total. The number of urea groups is 1. The summed E-state index contributed by atoms with van der Waals surface area (Å²) in [5.74, 6) is 5.53. The van der Waals surface area contributed by atoms with Crippen LogP contribution in [-0.4, -0.2) is 39.4 Å². The van der Waals surface area contributed by atoms with Crippen molar-refractivity contribution >= 4 is 22.7 Å². The van der Waals surface area contributed by atoms with Gasteiger partial charge in [-0.05, 0) is 36.4 Å². The lowest BCUT2D eigenvalue weighted by Crippen LogP contribution is -2.49. The Balaban J connectivity index is 1.76. The Morgan fingerprint density at radius 1 is 1.17 bits per heavy atom. The zero-order valence-corrected chi connectivity index (χ0v) is 15.4. The van der Waals surface area contributed by atoms with Crippen molar-refractivity contribution < 1.29 is 24.5 Å². The van der Waals surface area contributed by atoms with Crippen LogP contribution < -0.4 is 15.4 Å². The third-order valence-corrected chi connectivity index (χ3v) is 4.68. The van der Waals surface area contributed by atoms with Gasteiger partial charge in [0.2, 0.25) is 5.54 Å². The molecule has 3 amide bonds. The van der Waals surface area contributed by atoms with E-state index in [-0.39, 0.29) is 18.2 Å². The van der Waals surface area contributed by atoms with Crippen molar-refractivity contribution in [3.63, 3.8) is 0 Å². The zero-order chi connectivity index (χ0) is 20.6. The lowest BCUT2D eigenvalue weighted by atomic mass is 10.00. The maximum Gasteiger partial charge on any atom is 0.323 e. The summed E-state index contributed by atoms with van der Waals surface area (Å²) in [6.45, 7) is -0.112. The molecule has 0 spiro atoms. The highest BCUT2D eigenvalue weighted by atomic mass is 16.5. The van der Waals surface area contributed by atoms with Crippen molar-refractivity contribution in [3.8, 4) is 29.2 Å². The SMILES string of the molecule is COc1ccc2cn(C[C@@]3(C#Cc4cccc(O)c4)NC(=O)NC3=O)c(O)c2c1. The van der Waals surface area contributed by atoms with Crippen LogP contribution >= 0.6 is 0 Å². The minimum Gasteiger partial charge on any atom is -0.508 e. The molecule has 1 aliphatic rings. The maximum atomic E-state index is 12.6. The molecule has 1 aliphatic heterocycles. The standard InChI is InChI=1S/C21H17N3O5/c1-29-16-6-5-14-11-24(18(26)17(14)10-16)12-21(19(27)22-20(28)23-21)8-7-13-3-2-4-15(25)9-13/h2-6,9-11,25-26H,12H2,1H3,(H2,22,23,27,28)/t21-/m1/s1. The van der Waals surface area contributed by atoms with Crippen LogP contribution in [0.1, 0.15) is 5.56 Å². The van der Waals surface area contributed by atoms with Gasteiger partial charge in [-0.15, -0.1) is 0 Å². The molecule has 1 saturated heterocycles. The van der Waals surface area contributed by atoms with Gasteiger partial charge >= 0.3 is 6.03 Å². The molecule has 2 aromatic carbocycles. The number of nitrogens with zero attached hydrogens (tertiary/aromatic N) is 1. The summed E-state index contributed by atoms with van der Waals surface area (Å²) in [5.41, 5.74) is -1.11. The number of nitrogens with one attached hydrogen (secondary N) is 2. The molecule has 3 aromatic rings. The molecule has 146 valence electrons. The van der Waals surface area contributed by atoms with Crippen LogP contribution in [0, 0.1) is 11.8 Å². The highest BCUT2D eigenvalue weighted by Crippen LogP contribution is 2.32. The normalized spacial score (nSPS) is 18.1. The number of phenolic OH excluding ortho intramolecular Hbond substituents is 1. The highest BCUT2D eigenvalue weighted by Gasteiger charge is 2.46. The zero-order valence-electron chi connectivity index (χ0n) is 15.4. The molecule has 8 heteroatoms. The van der Waals surface area contributed by atoms with Crippen molar-refractivity contribution in [2.45, 2.75) is 12.1 Å². The predicted octanol–water partition coefficient (Wildman–Crippen LogP) is 1.69. The lowest BCUT2D eigenvalue weighted by Gasteiger charge is -2.20. The van der Waals surface area contributed by atoms with Gasteiger partial charge in [0.1, 0.15) is 11.5 Å². The number of hydrogen-bond donors (Lipinski definition) is 4. The fourth-order valence-corrected chi connectivity index (χ4v) is 3.22. The summed E-state index contributed by atoms with van der Waals surface area (Å²) in [4.78, 5) is 24.4. The predicted molar refractivity (Wildman–Crippen MR) is 105 cm³/mol. The van der Waals surface area contributed by atoms with E-state index in [0.717, 1.165) is 5.39 Å². The van der Waals surface area contributed by atoms with Gasteiger partial charge in [0.15, 0.2) is 5.88 Å². The first kappa shape index (κ1) is 18.3. The van der Waals surface area contributed by atoms with Gasteiger partial charge in [0.25, 0.3) is 5.91 Å². The van der Waals surface area contributed by atoms with E-state index in [1.54, 1.807) is 36.5 Å². The van der Waals surface area contributed by atoms with Crippen LogP contribution in [0.5, 0.6) is 17.4 Å². The third kappa shape index (κ3) is 3.30. The number of phenols is 1. The van der Waals surface area contributed by atoms with E-state index in [1.165, 1.54) is 23.8 Å². The van der Waals surface area contributed by atoms with Crippen LogP contribution in [0.25, 0.3) is 10.8 Å². The minimum atomic E-state index is -1.58. The molecule has 0 saturated carbocycles. The monoisotopic (exact) mass is 391 g/mol. The topological polar surface area (TPSA) is 113 Å². The fraction of sp³-hybridized carbons (Fsp3) is 0.143. The minimum absolute atomic E-state index is 0.0361. The largest absolute Gasteiger partial charge is 0.508 e. The number of fused-ring (bicyclic) bond motifs is 1. The molecule has 1 atom stereocenters. The van der Waals surface area contributed by atoms with Crippen molar-refractivity contribution in [3.05, 3.63) is 54.2 Å². The molecule has 1 aromatic heterocycles. The molecule has 0 aliphatic carbocycles. The third-order valence-electron chi connectivity index (χ3n) is 4.68. The van der Waals surface area contributed by atoms with Crippen molar-refractivity contribution in [2.75, 3.05) is 7.11 Å². The van der Waals surface area contributed by atoms with Crippen LogP contribution in [0.4, 0.5) is 4.79 Å². The molecule has 2 heterocycles. The first-order chi connectivity index (χ1) is 13.9. The van der Waals surface area contributed by atoms with E-state index >= 15 is 0 Å². The van der Waals surface area contributed by atoms with Crippen molar-refractivity contribution in [1.82, 2.24) is 15.2 Å². The van der Waals surface area contributed by atoms with E-state index < -0.39 is 17.5 Å². The summed E-state index contributed by atoms with van der Waals surface area (Å²) in [5, 5.41) is 26.3. The van der Waals surface area contributed by atoms with Crippen molar-refractivity contribution in [2.24, 2.45) is 0 Å². The first-order valence-electron chi connectivity index (χ1n) is 8.72. The van der Waals surface area contributed by atoms with Gasteiger partial charge < -0.3 is 24.8 Å². The maximum absolute atomic E-state index is 12.6. The Bertz CT molecular complexity index is 1200. The second-order valence-corrected chi connectivity index (χ2v) is 6.65. The second kappa shape index (κ2) is 6.80. The van der Waals surface area contributed by atoms with Crippen LogP contribution in [0.2, 0.25) is 0 Å². The molecule has 1 fully saturated rings. The number of hydrogen-bond acceptors (Lipinski definition) is 5. The fourth-order valence-electron chi connectivity index (χ4n) is 3.22. The second-order valence-electron chi connectivity index (χ2n) is 6.65. The summed E-state index contributed by atoms with van der Waals surface area (Å²) in [6.07, 6.45) is 1.67. The lowest BCUT2D eigenvalue weighted by molar-refractivity contribution is -0.122. The van der Waals surface area contributed by atoms with Gasteiger partial charge in [-0.25, -0.2) is 4.79 Å². The Morgan fingerprint density at radius 3 is 2.69 bits per heavy atom. The van der Waals surface area contributed by atoms with E-state index in [9.17, 15) is 19.8 Å². The highest BCUT2D eigenvalue weighted by molar-refractivity contribution is 6.09. The summed E-state index contributed by atoms with van der Waals surface area (Å²) in [6, 6.07) is 10.8. The van der Waals surface area contributed by atoms with Crippen LogP contribution in [-0.2, 0) is 11.3 Å². The van der Waals surface area contributed by atoms with Crippen LogP contribution in [0.3, 0.4) is 0 Å². The number of ether oxygens (including phenoxy) is 1. The van der Waals surface area contributed by atoms with Gasteiger partial charge in [0.05, 0.1) is 13.7 Å². The number of aromatic hydroxyl groups is 2. The summed E-state index contributed by atoms with van der Waals surface area (Å²) in [7, 11) is 1.53. The summed E-state index contributed by atoms with van der Waals surface area (Å²) < 4.78 is 6.63. The van der Waals surface area contributed by atoms with Crippen LogP contribution in [0.15, 0.2) is 48.7 Å². The number of aromatic nitrogens is 1. The quantitative estimate of drug-likeness (QED) is 0.401. The first-order valence-corrected chi connectivity index (χ1v) is 8.72. The molecule has 4 rings (SSSR count). The molecule has 29 heavy (non-hydrogen) atoms. The van der Waals surface area contributed by atoms with Gasteiger partial charge in [0, 0.05) is 22.5 Å². The molecular formula is C21H17N3O5. The number of rotatable bonds is 3. The Kier molecular flexibility index (Phi) is 4.28. The Labute approximate surface area is 165 Å². The molecular weight excluding hydrogens is 374 g/mol. The smallest absolute Gasteiger partial charge is 0.323 e. The molecule has 0 unspecified atom stereocenters. The van der Waals surface area contributed by atoms with E-state index in [4.69, 9.17) is 4.74 Å². The average Bonchev–Trinajstić information content (AvgIpc) is 3.15. The summed E-state index contributed by atoms with van der Waals surface area (Å²) >= 11 is 0. The van der Waals surface area contributed by atoms with Gasteiger partial charge in [-0.3, -0.25) is 10.1 Å². The average molecular weight is 391 g/mol.